The predicted octanol–water partition coefficient (Wildman–Crippen LogP) is 4.54. The summed E-state index contributed by atoms with van der Waals surface area (Å²) in [6.45, 7) is 2.67. The molecule has 0 saturated heterocycles. The molecule has 4 nitrogen and oxygen atoms in total. The number of nitrogens with one attached hydrogen (secondary N) is 1. The lowest BCUT2D eigenvalue weighted by molar-refractivity contribution is -0.118. The van der Waals surface area contributed by atoms with Crippen LogP contribution < -0.4 is 14.8 Å². The molecule has 0 aliphatic rings. The minimum atomic E-state index is -0.254. The lowest BCUT2D eigenvalue weighted by Crippen LogP contribution is -2.20. The van der Waals surface area contributed by atoms with E-state index in [2.05, 4.69) is 12.2 Å². The van der Waals surface area contributed by atoms with Crippen LogP contribution in [0.3, 0.4) is 0 Å². The van der Waals surface area contributed by atoms with Crippen molar-refractivity contribution in [3.8, 4) is 11.5 Å². The van der Waals surface area contributed by atoms with E-state index in [1.165, 1.54) is 0 Å². The molecule has 0 aromatic heterocycles. The summed E-state index contributed by atoms with van der Waals surface area (Å²) < 4.78 is 11.0. The van der Waals surface area contributed by atoms with E-state index in [1.807, 2.05) is 12.1 Å². The molecule has 2 aromatic carbocycles. The van der Waals surface area contributed by atoms with E-state index in [1.54, 1.807) is 36.4 Å². The third-order valence-electron chi connectivity index (χ3n) is 3.08. The third kappa shape index (κ3) is 5.83. The molecular weight excluding hydrogens is 314 g/mol. The van der Waals surface area contributed by atoms with Gasteiger partial charge in [-0.1, -0.05) is 43.1 Å². The molecule has 0 saturated carbocycles. The Morgan fingerprint density at radius 1 is 1.13 bits per heavy atom. The van der Waals surface area contributed by atoms with Crippen molar-refractivity contribution in [2.45, 2.75) is 19.8 Å². The number of rotatable bonds is 8. The second-order valence-corrected chi connectivity index (χ2v) is 5.40. The molecule has 1 amide bonds. The van der Waals surface area contributed by atoms with Gasteiger partial charge in [0.1, 0.15) is 11.5 Å². The molecule has 0 spiro atoms. The van der Waals surface area contributed by atoms with Crippen molar-refractivity contribution >= 4 is 23.2 Å². The van der Waals surface area contributed by atoms with E-state index in [0.29, 0.717) is 23.1 Å². The Morgan fingerprint density at radius 3 is 2.74 bits per heavy atom. The number of para-hydroxylation sites is 1. The summed E-state index contributed by atoms with van der Waals surface area (Å²) >= 11 is 5.98. The van der Waals surface area contributed by atoms with Crippen LogP contribution in [0.2, 0.25) is 5.02 Å². The topological polar surface area (TPSA) is 47.6 Å². The monoisotopic (exact) mass is 333 g/mol. The van der Waals surface area contributed by atoms with Crippen molar-refractivity contribution in [3.63, 3.8) is 0 Å². The fraction of sp³-hybridized carbons (Fsp3) is 0.278. The number of benzene rings is 2. The zero-order valence-electron chi connectivity index (χ0n) is 13.0. The highest BCUT2D eigenvalue weighted by molar-refractivity contribution is 6.32. The molecule has 5 heteroatoms. The highest BCUT2D eigenvalue weighted by Crippen LogP contribution is 2.23. The number of amides is 1. The Bertz CT molecular complexity index is 646. The molecule has 0 radical (unpaired) electrons. The molecule has 0 heterocycles. The fourth-order valence-corrected chi connectivity index (χ4v) is 2.09. The lowest BCUT2D eigenvalue weighted by atomic mass is 10.3. The molecule has 0 fully saturated rings. The van der Waals surface area contributed by atoms with Gasteiger partial charge in [-0.3, -0.25) is 4.79 Å². The van der Waals surface area contributed by atoms with E-state index in [4.69, 9.17) is 21.1 Å². The van der Waals surface area contributed by atoms with Crippen molar-refractivity contribution in [2.75, 3.05) is 18.5 Å². The second-order valence-electron chi connectivity index (χ2n) is 5.00. The Hall–Kier alpha value is -2.20. The quantitative estimate of drug-likeness (QED) is 0.722. The molecule has 122 valence electrons. The third-order valence-corrected chi connectivity index (χ3v) is 3.39. The van der Waals surface area contributed by atoms with Crippen molar-refractivity contribution in [1.82, 2.24) is 0 Å². The zero-order chi connectivity index (χ0) is 16.5. The summed E-state index contributed by atoms with van der Waals surface area (Å²) in [5, 5.41) is 3.25. The van der Waals surface area contributed by atoms with E-state index < -0.39 is 0 Å². The Balaban J connectivity index is 1.85. The average Bonchev–Trinajstić information content (AvgIpc) is 2.55. The Labute approximate surface area is 141 Å². The van der Waals surface area contributed by atoms with Crippen molar-refractivity contribution in [1.29, 1.82) is 0 Å². The SMILES string of the molecule is CCCCOc1cccc(NC(=O)COc2ccccc2Cl)c1. The first-order chi connectivity index (χ1) is 11.2. The van der Waals surface area contributed by atoms with Crippen LogP contribution in [0.15, 0.2) is 48.5 Å². The number of carbonyl (C=O) groups is 1. The largest absolute Gasteiger partial charge is 0.494 e. The first kappa shape index (κ1) is 17.2. The van der Waals surface area contributed by atoms with Gasteiger partial charge in [-0.15, -0.1) is 0 Å². The van der Waals surface area contributed by atoms with Crippen molar-refractivity contribution < 1.29 is 14.3 Å². The Kier molecular flexibility index (Phi) is 6.76. The maximum Gasteiger partial charge on any atom is 0.262 e. The van der Waals surface area contributed by atoms with Gasteiger partial charge in [0.05, 0.1) is 11.6 Å². The summed E-state index contributed by atoms with van der Waals surface area (Å²) in [5.74, 6) is 0.972. The van der Waals surface area contributed by atoms with Gasteiger partial charge in [0, 0.05) is 11.8 Å². The van der Waals surface area contributed by atoms with Gasteiger partial charge in [-0.2, -0.15) is 0 Å². The van der Waals surface area contributed by atoms with Crippen LogP contribution in [0.5, 0.6) is 11.5 Å². The molecule has 0 unspecified atom stereocenters. The second kappa shape index (κ2) is 9.06. The average molecular weight is 334 g/mol. The number of anilines is 1. The van der Waals surface area contributed by atoms with Gasteiger partial charge in [-0.25, -0.2) is 0 Å². The molecular formula is C18H20ClNO3. The summed E-state index contributed by atoms with van der Waals surface area (Å²) in [4.78, 5) is 11.9. The highest BCUT2D eigenvalue weighted by Gasteiger charge is 2.06. The highest BCUT2D eigenvalue weighted by atomic mass is 35.5. The van der Waals surface area contributed by atoms with E-state index in [9.17, 15) is 4.79 Å². The van der Waals surface area contributed by atoms with Gasteiger partial charge in [-0.05, 0) is 30.7 Å². The summed E-state index contributed by atoms with van der Waals surface area (Å²) in [6, 6.07) is 14.3. The predicted molar refractivity (Wildman–Crippen MR) is 92.4 cm³/mol. The fourth-order valence-electron chi connectivity index (χ4n) is 1.90. The van der Waals surface area contributed by atoms with Crippen LogP contribution in [0.4, 0.5) is 5.69 Å². The summed E-state index contributed by atoms with van der Waals surface area (Å²) in [5.41, 5.74) is 0.673. The first-order valence-corrected chi connectivity index (χ1v) is 7.97. The van der Waals surface area contributed by atoms with E-state index >= 15 is 0 Å². The number of hydrogen-bond acceptors (Lipinski definition) is 3. The minimum Gasteiger partial charge on any atom is -0.494 e. The molecule has 0 aliphatic carbocycles. The van der Waals surface area contributed by atoms with Crippen LogP contribution in [0.1, 0.15) is 19.8 Å². The molecule has 0 bridgehead atoms. The maximum absolute atomic E-state index is 11.9. The molecule has 0 atom stereocenters. The van der Waals surface area contributed by atoms with Gasteiger partial charge in [0.2, 0.25) is 0 Å². The van der Waals surface area contributed by atoms with Crippen LogP contribution in [-0.2, 0) is 4.79 Å². The molecule has 23 heavy (non-hydrogen) atoms. The lowest BCUT2D eigenvalue weighted by Gasteiger charge is -2.10. The summed E-state index contributed by atoms with van der Waals surface area (Å²) in [6.07, 6.45) is 2.08. The summed E-state index contributed by atoms with van der Waals surface area (Å²) in [7, 11) is 0. The number of ether oxygens (including phenoxy) is 2. The van der Waals surface area contributed by atoms with Gasteiger partial charge in [0.25, 0.3) is 5.91 Å². The number of hydrogen-bond donors (Lipinski definition) is 1. The van der Waals surface area contributed by atoms with Gasteiger partial charge in [0.15, 0.2) is 6.61 Å². The van der Waals surface area contributed by atoms with Crippen molar-refractivity contribution in [2.24, 2.45) is 0 Å². The zero-order valence-corrected chi connectivity index (χ0v) is 13.8. The van der Waals surface area contributed by atoms with Crippen LogP contribution >= 0.6 is 11.6 Å². The first-order valence-electron chi connectivity index (χ1n) is 7.59. The number of halogens is 1. The molecule has 0 aliphatic heterocycles. The number of carbonyl (C=O) groups excluding carboxylic acids is 1. The Morgan fingerprint density at radius 2 is 1.96 bits per heavy atom. The van der Waals surface area contributed by atoms with Crippen LogP contribution in [-0.4, -0.2) is 19.1 Å². The van der Waals surface area contributed by atoms with Crippen molar-refractivity contribution in [3.05, 3.63) is 53.6 Å². The van der Waals surface area contributed by atoms with Crippen LogP contribution in [0, 0.1) is 0 Å². The minimum absolute atomic E-state index is 0.106. The smallest absolute Gasteiger partial charge is 0.262 e. The normalized spacial score (nSPS) is 10.2. The van der Waals surface area contributed by atoms with Gasteiger partial charge < -0.3 is 14.8 Å². The van der Waals surface area contributed by atoms with Crippen LogP contribution in [0.25, 0.3) is 0 Å². The van der Waals surface area contributed by atoms with E-state index in [-0.39, 0.29) is 12.5 Å². The standard InChI is InChI=1S/C18H20ClNO3/c1-2-3-11-22-15-8-6-7-14(12-15)20-18(21)13-23-17-10-5-4-9-16(17)19/h4-10,12H,2-3,11,13H2,1H3,(H,20,21). The molecule has 1 N–H and O–H groups in total. The maximum atomic E-state index is 11.9. The van der Waals surface area contributed by atoms with Gasteiger partial charge >= 0.3 is 0 Å². The number of unbranched alkanes of at least 4 members (excludes halogenated alkanes) is 1. The molecule has 2 aromatic rings. The molecule has 2 rings (SSSR count). The van der Waals surface area contributed by atoms with E-state index in [0.717, 1.165) is 18.6 Å².